The summed E-state index contributed by atoms with van der Waals surface area (Å²) in [5.74, 6) is -0.255. The van der Waals surface area contributed by atoms with Crippen molar-refractivity contribution in [3.63, 3.8) is 0 Å². The van der Waals surface area contributed by atoms with Crippen LogP contribution in [0.5, 0.6) is 0 Å². The normalized spacial score (nSPS) is 21.2. The summed E-state index contributed by atoms with van der Waals surface area (Å²) in [6.07, 6.45) is 5.21. The zero-order valence-corrected chi connectivity index (χ0v) is 18.4. The van der Waals surface area contributed by atoms with Gasteiger partial charge in [-0.25, -0.2) is 13.2 Å². The molecule has 0 spiro atoms. The van der Waals surface area contributed by atoms with E-state index in [1.807, 2.05) is 4.90 Å². The van der Waals surface area contributed by atoms with E-state index in [4.69, 9.17) is 16.3 Å². The van der Waals surface area contributed by atoms with Crippen LogP contribution in [-0.2, 0) is 14.6 Å². The average molecular weight is 449 g/mol. The molecule has 0 aromatic carbocycles. The summed E-state index contributed by atoms with van der Waals surface area (Å²) in [5, 5.41) is 1.42. The van der Waals surface area contributed by atoms with Gasteiger partial charge in [0.2, 0.25) is 0 Å². The Hall–Kier alpha value is -1.32. The third-order valence-electron chi connectivity index (χ3n) is 5.33. The summed E-state index contributed by atoms with van der Waals surface area (Å²) in [6, 6.07) is 0.176. The molecule has 2 aliphatic heterocycles. The van der Waals surface area contributed by atoms with Crippen molar-refractivity contribution in [1.82, 2.24) is 9.80 Å². The lowest BCUT2D eigenvalue weighted by Gasteiger charge is -2.37. The fourth-order valence-corrected chi connectivity index (χ4v) is 6.67. The van der Waals surface area contributed by atoms with E-state index in [1.165, 1.54) is 5.38 Å². The Morgan fingerprint density at radius 2 is 2.04 bits per heavy atom. The van der Waals surface area contributed by atoms with Crippen LogP contribution in [0.4, 0.5) is 4.79 Å². The molecule has 2 saturated heterocycles. The SMILES string of the molecule is CCCCC1COC(=O)N1C1CCN(C(=O)c2scc(S(C)(=O)=O)c2Cl)CC1. The number of nitrogens with zero attached hydrogens (tertiary/aromatic N) is 2. The first-order valence-corrected chi connectivity index (χ1v) is 12.6. The third-order valence-corrected chi connectivity index (χ3v) is 8.19. The van der Waals surface area contributed by atoms with Crippen molar-refractivity contribution in [2.75, 3.05) is 26.0 Å². The van der Waals surface area contributed by atoms with Gasteiger partial charge in [0.25, 0.3) is 5.91 Å². The van der Waals surface area contributed by atoms with E-state index in [0.717, 1.165) is 36.9 Å². The van der Waals surface area contributed by atoms with E-state index in [1.54, 1.807) is 4.90 Å². The highest BCUT2D eigenvalue weighted by molar-refractivity contribution is 7.91. The predicted octanol–water partition coefficient (Wildman–Crippen LogP) is 3.42. The van der Waals surface area contributed by atoms with Gasteiger partial charge in [-0.3, -0.25) is 9.69 Å². The summed E-state index contributed by atoms with van der Waals surface area (Å²) < 4.78 is 28.7. The molecule has 156 valence electrons. The minimum atomic E-state index is -3.47. The maximum Gasteiger partial charge on any atom is 0.410 e. The number of carbonyl (C=O) groups excluding carboxylic acids is 2. The van der Waals surface area contributed by atoms with Crippen molar-refractivity contribution in [2.24, 2.45) is 0 Å². The van der Waals surface area contributed by atoms with Gasteiger partial charge < -0.3 is 9.64 Å². The molecule has 0 aliphatic carbocycles. The number of thiophene rings is 1. The van der Waals surface area contributed by atoms with Crippen LogP contribution in [0, 0.1) is 0 Å². The Balaban J connectivity index is 1.64. The molecule has 0 saturated carbocycles. The van der Waals surface area contributed by atoms with Crippen LogP contribution in [0.1, 0.15) is 48.7 Å². The first kappa shape index (κ1) is 21.4. The molecule has 28 heavy (non-hydrogen) atoms. The van der Waals surface area contributed by atoms with Gasteiger partial charge in [-0.05, 0) is 19.3 Å². The standard InChI is InChI=1S/C18H25ClN2O5S2/c1-3-4-5-13-10-26-18(23)21(13)12-6-8-20(9-7-12)17(22)16-15(19)14(11-27-16)28(2,24)25/h11-13H,3-10H2,1-2H3. The summed E-state index contributed by atoms with van der Waals surface area (Å²) in [4.78, 5) is 28.8. The lowest BCUT2D eigenvalue weighted by molar-refractivity contribution is 0.0638. The molecule has 1 atom stereocenters. The molecule has 1 aromatic rings. The smallest absolute Gasteiger partial charge is 0.410 e. The first-order valence-electron chi connectivity index (χ1n) is 9.45. The molecule has 2 amide bonds. The second-order valence-corrected chi connectivity index (χ2v) is 10.6. The van der Waals surface area contributed by atoms with Crippen molar-refractivity contribution in [3.8, 4) is 0 Å². The van der Waals surface area contributed by atoms with Crippen molar-refractivity contribution >= 4 is 44.8 Å². The maximum absolute atomic E-state index is 12.8. The summed E-state index contributed by atoms with van der Waals surface area (Å²) in [6.45, 7) is 3.56. The molecule has 3 rings (SSSR count). The number of rotatable bonds is 6. The largest absolute Gasteiger partial charge is 0.447 e. The molecule has 0 radical (unpaired) electrons. The number of halogens is 1. The van der Waals surface area contributed by atoms with Crippen LogP contribution < -0.4 is 0 Å². The molecular weight excluding hydrogens is 424 g/mol. The minimum absolute atomic E-state index is 0.00220. The number of unbranched alkanes of at least 4 members (excludes halogenated alkanes) is 1. The van der Waals surface area contributed by atoms with Crippen molar-refractivity contribution in [1.29, 1.82) is 0 Å². The number of cyclic esters (lactones) is 1. The van der Waals surface area contributed by atoms with Crippen molar-refractivity contribution < 1.29 is 22.7 Å². The number of hydrogen-bond acceptors (Lipinski definition) is 6. The second-order valence-electron chi connectivity index (χ2n) is 7.32. The fourth-order valence-electron chi connectivity index (χ4n) is 3.79. The Morgan fingerprint density at radius 3 is 2.61 bits per heavy atom. The minimum Gasteiger partial charge on any atom is -0.447 e. The Bertz CT molecular complexity index is 846. The van der Waals surface area contributed by atoms with Crippen LogP contribution in [0.25, 0.3) is 0 Å². The number of hydrogen-bond donors (Lipinski definition) is 0. The van der Waals surface area contributed by atoms with E-state index in [2.05, 4.69) is 6.92 Å². The fraction of sp³-hybridized carbons (Fsp3) is 0.667. The molecule has 0 N–H and O–H groups in total. The van der Waals surface area contributed by atoms with E-state index in [-0.39, 0.29) is 38.9 Å². The van der Waals surface area contributed by atoms with Crippen LogP contribution in [0.2, 0.25) is 5.02 Å². The number of carbonyl (C=O) groups is 2. The van der Waals surface area contributed by atoms with E-state index < -0.39 is 9.84 Å². The molecular formula is C18H25ClN2O5S2. The number of piperidine rings is 1. The van der Waals surface area contributed by atoms with Gasteiger partial charge in [0.15, 0.2) is 9.84 Å². The molecule has 3 heterocycles. The van der Waals surface area contributed by atoms with E-state index in [0.29, 0.717) is 32.5 Å². The summed E-state index contributed by atoms with van der Waals surface area (Å²) in [5.41, 5.74) is 0. The van der Waals surface area contributed by atoms with Crippen LogP contribution in [0.3, 0.4) is 0 Å². The molecule has 2 aliphatic rings. The number of likely N-dealkylation sites (tertiary alicyclic amines) is 1. The highest BCUT2D eigenvalue weighted by atomic mass is 35.5. The zero-order valence-electron chi connectivity index (χ0n) is 16.0. The quantitative estimate of drug-likeness (QED) is 0.665. The molecule has 0 bridgehead atoms. The number of sulfone groups is 1. The zero-order chi connectivity index (χ0) is 20.5. The Morgan fingerprint density at radius 1 is 1.36 bits per heavy atom. The third kappa shape index (κ3) is 4.31. The summed E-state index contributed by atoms with van der Waals surface area (Å²) in [7, 11) is -3.47. The highest BCUT2D eigenvalue weighted by Crippen LogP contribution is 2.33. The topological polar surface area (TPSA) is 84.0 Å². The predicted molar refractivity (Wildman–Crippen MR) is 108 cm³/mol. The van der Waals surface area contributed by atoms with E-state index in [9.17, 15) is 18.0 Å². The van der Waals surface area contributed by atoms with E-state index >= 15 is 0 Å². The Labute approximate surface area is 174 Å². The van der Waals surface area contributed by atoms with Gasteiger partial charge in [0.05, 0.1) is 16.0 Å². The monoisotopic (exact) mass is 448 g/mol. The Kier molecular flexibility index (Phi) is 6.56. The van der Waals surface area contributed by atoms with Gasteiger partial charge >= 0.3 is 6.09 Å². The average Bonchev–Trinajstić information content (AvgIpc) is 3.22. The van der Waals surface area contributed by atoms with Crippen LogP contribution >= 0.6 is 22.9 Å². The number of amides is 2. The van der Waals surface area contributed by atoms with Gasteiger partial charge in [-0.1, -0.05) is 31.4 Å². The highest BCUT2D eigenvalue weighted by Gasteiger charge is 2.39. The maximum atomic E-state index is 12.8. The van der Waals surface area contributed by atoms with Gasteiger partial charge in [-0.15, -0.1) is 11.3 Å². The molecule has 1 aromatic heterocycles. The van der Waals surface area contributed by atoms with Gasteiger partial charge in [0.1, 0.15) is 11.5 Å². The van der Waals surface area contributed by atoms with Crippen molar-refractivity contribution in [2.45, 2.75) is 56.0 Å². The van der Waals surface area contributed by atoms with Gasteiger partial charge in [-0.2, -0.15) is 0 Å². The summed E-state index contributed by atoms with van der Waals surface area (Å²) >= 11 is 7.21. The second kappa shape index (κ2) is 8.59. The molecule has 7 nitrogen and oxygen atoms in total. The lowest BCUT2D eigenvalue weighted by Crippen LogP contribution is -2.49. The molecule has 2 fully saturated rings. The molecule has 1 unspecified atom stereocenters. The van der Waals surface area contributed by atoms with Gasteiger partial charge in [0, 0.05) is 30.8 Å². The lowest BCUT2D eigenvalue weighted by atomic mass is 10.00. The van der Waals surface area contributed by atoms with Crippen LogP contribution in [0.15, 0.2) is 10.3 Å². The first-order chi connectivity index (χ1) is 13.2. The molecule has 10 heteroatoms. The van der Waals surface area contributed by atoms with Crippen LogP contribution in [-0.4, -0.2) is 68.3 Å². The van der Waals surface area contributed by atoms with Crippen molar-refractivity contribution in [3.05, 3.63) is 15.3 Å². The number of ether oxygens (including phenoxy) is 1.